The summed E-state index contributed by atoms with van der Waals surface area (Å²) < 4.78 is 0. The molecule has 0 amide bonds. The molecule has 1 aliphatic rings. The molecule has 0 aromatic carbocycles. The number of rotatable bonds is 2. The van der Waals surface area contributed by atoms with Gasteiger partial charge in [0, 0.05) is 12.4 Å². The second-order valence-electron chi connectivity index (χ2n) is 5.00. The van der Waals surface area contributed by atoms with E-state index < -0.39 is 0 Å². The molecule has 0 bridgehead atoms. The summed E-state index contributed by atoms with van der Waals surface area (Å²) in [6.45, 7) is 7.03. The molecule has 1 N–H and O–H groups in total. The summed E-state index contributed by atoms with van der Waals surface area (Å²) in [4.78, 5) is 4.09. The van der Waals surface area contributed by atoms with Gasteiger partial charge in [-0.05, 0) is 55.0 Å². The third-order valence-corrected chi connectivity index (χ3v) is 3.74. The van der Waals surface area contributed by atoms with Crippen LogP contribution in [0.3, 0.4) is 0 Å². The number of aromatic nitrogens is 1. The summed E-state index contributed by atoms with van der Waals surface area (Å²) in [6, 6.07) is 4.29. The highest BCUT2D eigenvalue weighted by atomic mass is 14.9. The van der Waals surface area contributed by atoms with Gasteiger partial charge in [0.05, 0.1) is 0 Å². The molecule has 1 saturated heterocycles. The Balaban J connectivity index is 2.18. The van der Waals surface area contributed by atoms with Crippen molar-refractivity contribution in [3.63, 3.8) is 0 Å². The van der Waals surface area contributed by atoms with Crippen molar-refractivity contribution in [2.45, 2.75) is 32.1 Å². The first-order valence-corrected chi connectivity index (χ1v) is 5.82. The van der Waals surface area contributed by atoms with Crippen molar-refractivity contribution in [3.05, 3.63) is 30.1 Å². The molecule has 15 heavy (non-hydrogen) atoms. The summed E-state index contributed by atoms with van der Waals surface area (Å²) in [5.41, 5.74) is 1.67. The molecule has 1 aromatic rings. The lowest BCUT2D eigenvalue weighted by atomic mass is 9.71. The molecule has 1 atom stereocenters. The van der Waals surface area contributed by atoms with Gasteiger partial charge in [-0.25, -0.2) is 0 Å². The Labute approximate surface area is 92.1 Å². The SMILES string of the molecule is CC(C)(c1ccncc1)C1CCCNC1. The van der Waals surface area contributed by atoms with Crippen LogP contribution in [0.15, 0.2) is 24.5 Å². The third-order valence-electron chi connectivity index (χ3n) is 3.74. The zero-order valence-corrected chi connectivity index (χ0v) is 9.66. The summed E-state index contributed by atoms with van der Waals surface area (Å²) in [5, 5.41) is 3.50. The van der Waals surface area contributed by atoms with E-state index in [0.29, 0.717) is 0 Å². The van der Waals surface area contributed by atoms with E-state index in [9.17, 15) is 0 Å². The van der Waals surface area contributed by atoms with Crippen molar-refractivity contribution in [2.24, 2.45) is 5.92 Å². The number of hydrogen-bond donors (Lipinski definition) is 1. The van der Waals surface area contributed by atoms with Crippen molar-refractivity contribution in [1.29, 1.82) is 0 Å². The third kappa shape index (κ3) is 2.20. The van der Waals surface area contributed by atoms with E-state index in [-0.39, 0.29) is 5.41 Å². The first-order chi connectivity index (χ1) is 7.21. The van der Waals surface area contributed by atoms with Gasteiger partial charge in [0.1, 0.15) is 0 Å². The van der Waals surface area contributed by atoms with E-state index in [4.69, 9.17) is 0 Å². The van der Waals surface area contributed by atoms with E-state index in [2.05, 4.69) is 36.3 Å². The maximum absolute atomic E-state index is 4.09. The van der Waals surface area contributed by atoms with Gasteiger partial charge in [-0.2, -0.15) is 0 Å². The monoisotopic (exact) mass is 204 g/mol. The van der Waals surface area contributed by atoms with Crippen LogP contribution in [0.1, 0.15) is 32.3 Å². The van der Waals surface area contributed by atoms with Crippen LogP contribution in [-0.4, -0.2) is 18.1 Å². The lowest BCUT2D eigenvalue weighted by Gasteiger charge is -2.37. The molecule has 0 radical (unpaired) electrons. The maximum Gasteiger partial charge on any atom is 0.0270 e. The van der Waals surface area contributed by atoms with Gasteiger partial charge in [0.15, 0.2) is 0 Å². The standard InChI is InChI=1S/C13H20N2/c1-13(2,11-5-8-14-9-6-11)12-4-3-7-15-10-12/h5-6,8-9,12,15H,3-4,7,10H2,1-2H3. The molecular formula is C13H20N2. The predicted molar refractivity (Wildman–Crippen MR) is 62.9 cm³/mol. The topological polar surface area (TPSA) is 24.9 Å². The predicted octanol–water partition coefficient (Wildman–Crippen LogP) is 2.36. The number of pyridine rings is 1. The molecule has 1 fully saturated rings. The Morgan fingerprint density at radius 2 is 2.07 bits per heavy atom. The molecule has 82 valence electrons. The smallest absolute Gasteiger partial charge is 0.0270 e. The molecular weight excluding hydrogens is 184 g/mol. The second kappa shape index (κ2) is 4.31. The van der Waals surface area contributed by atoms with Crippen LogP contribution in [0.5, 0.6) is 0 Å². The molecule has 0 spiro atoms. The van der Waals surface area contributed by atoms with E-state index in [1.54, 1.807) is 0 Å². The molecule has 0 aliphatic carbocycles. The van der Waals surface area contributed by atoms with Crippen LogP contribution < -0.4 is 5.32 Å². The lowest BCUT2D eigenvalue weighted by Crippen LogP contribution is -2.40. The van der Waals surface area contributed by atoms with E-state index in [1.165, 1.54) is 24.9 Å². The van der Waals surface area contributed by atoms with Gasteiger partial charge >= 0.3 is 0 Å². The molecule has 1 unspecified atom stereocenters. The summed E-state index contributed by atoms with van der Waals surface area (Å²) in [6.07, 6.45) is 6.43. The van der Waals surface area contributed by atoms with Crippen molar-refractivity contribution >= 4 is 0 Å². The molecule has 0 saturated carbocycles. The average Bonchev–Trinajstić information content (AvgIpc) is 2.31. The molecule has 1 aliphatic heterocycles. The number of hydrogen-bond acceptors (Lipinski definition) is 2. The van der Waals surface area contributed by atoms with Crippen molar-refractivity contribution in [2.75, 3.05) is 13.1 Å². The first kappa shape index (κ1) is 10.6. The van der Waals surface area contributed by atoms with Crippen LogP contribution in [-0.2, 0) is 5.41 Å². The Morgan fingerprint density at radius 1 is 1.33 bits per heavy atom. The fourth-order valence-electron chi connectivity index (χ4n) is 2.48. The average molecular weight is 204 g/mol. The minimum absolute atomic E-state index is 0.260. The van der Waals surface area contributed by atoms with Crippen molar-refractivity contribution in [3.8, 4) is 0 Å². The van der Waals surface area contributed by atoms with Gasteiger partial charge in [-0.15, -0.1) is 0 Å². The molecule has 2 heterocycles. The Bertz CT molecular complexity index is 300. The van der Waals surface area contributed by atoms with Gasteiger partial charge in [0.2, 0.25) is 0 Å². The Hall–Kier alpha value is -0.890. The zero-order chi connectivity index (χ0) is 10.7. The van der Waals surface area contributed by atoms with Crippen LogP contribution in [0, 0.1) is 5.92 Å². The molecule has 2 rings (SSSR count). The highest BCUT2D eigenvalue weighted by Gasteiger charge is 2.31. The van der Waals surface area contributed by atoms with E-state index in [1.807, 2.05) is 12.4 Å². The van der Waals surface area contributed by atoms with Crippen molar-refractivity contribution < 1.29 is 0 Å². The normalized spacial score (nSPS) is 22.7. The van der Waals surface area contributed by atoms with Crippen LogP contribution in [0.25, 0.3) is 0 Å². The van der Waals surface area contributed by atoms with Gasteiger partial charge in [-0.1, -0.05) is 13.8 Å². The maximum atomic E-state index is 4.09. The summed E-state index contributed by atoms with van der Waals surface area (Å²) in [5.74, 6) is 0.744. The van der Waals surface area contributed by atoms with Gasteiger partial charge < -0.3 is 5.32 Å². The number of nitrogens with one attached hydrogen (secondary N) is 1. The summed E-state index contributed by atoms with van der Waals surface area (Å²) >= 11 is 0. The van der Waals surface area contributed by atoms with Gasteiger partial charge in [-0.3, -0.25) is 4.98 Å². The van der Waals surface area contributed by atoms with E-state index >= 15 is 0 Å². The second-order valence-corrected chi connectivity index (χ2v) is 5.00. The molecule has 1 aromatic heterocycles. The van der Waals surface area contributed by atoms with Crippen LogP contribution >= 0.6 is 0 Å². The number of nitrogens with zero attached hydrogens (tertiary/aromatic N) is 1. The molecule has 2 heteroatoms. The highest BCUT2D eigenvalue weighted by Crippen LogP contribution is 2.34. The Morgan fingerprint density at radius 3 is 2.67 bits per heavy atom. The lowest BCUT2D eigenvalue weighted by molar-refractivity contribution is 0.251. The van der Waals surface area contributed by atoms with Crippen molar-refractivity contribution in [1.82, 2.24) is 10.3 Å². The number of piperidine rings is 1. The molecule has 2 nitrogen and oxygen atoms in total. The Kier molecular flexibility index (Phi) is 3.06. The minimum atomic E-state index is 0.260. The highest BCUT2D eigenvalue weighted by molar-refractivity contribution is 5.22. The van der Waals surface area contributed by atoms with Crippen LogP contribution in [0.2, 0.25) is 0 Å². The first-order valence-electron chi connectivity index (χ1n) is 5.82. The van der Waals surface area contributed by atoms with Gasteiger partial charge in [0.25, 0.3) is 0 Å². The fourth-order valence-corrected chi connectivity index (χ4v) is 2.48. The largest absolute Gasteiger partial charge is 0.316 e. The fraction of sp³-hybridized carbons (Fsp3) is 0.615. The quantitative estimate of drug-likeness (QED) is 0.800. The zero-order valence-electron chi connectivity index (χ0n) is 9.66. The minimum Gasteiger partial charge on any atom is -0.316 e. The summed E-state index contributed by atoms with van der Waals surface area (Å²) in [7, 11) is 0. The van der Waals surface area contributed by atoms with Crippen LogP contribution in [0.4, 0.5) is 0 Å². The van der Waals surface area contributed by atoms with E-state index in [0.717, 1.165) is 12.5 Å².